The quantitative estimate of drug-likeness (QED) is 0.593. The Labute approximate surface area is 100 Å². The van der Waals surface area contributed by atoms with Crippen molar-refractivity contribution in [1.29, 1.82) is 0 Å². The molecule has 2 aliphatic heterocycles. The maximum atomic E-state index is 11.7. The average Bonchev–Trinajstić information content (AvgIpc) is 2.54. The molecule has 0 spiro atoms. The second-order valence-corrected chi connectivity index (χ2v) is 6.33. The van der Waals surface area contributed by atoms with Gasteiger partial charge in [0.1, 0.15) is 11.6 Å². The minimum Gasteiger partial charge on any atom is -0.611 e. The molecule has 1 amide bonds. The lowest BCUT2D eigenvalue weighted by atomic mass is 9.95. The van der Waals surface area contributed by atoms with Crippen molar-refractivity contribution in [2.75, 3.05) is 6.26 Å². The fourth-order valence-corrected chi connectivity index (χ4v) is 4.53. The van der Waals surface area contributed by atoms with E-state index in [1.165, 1.54) is 22.9 Å². The number of nitrogens with zero attached hydrogens (tertiary/aromatic N) is 1. The van der Waals surface area contributed by atoms with Crippen LogP contribution in [-0.4, -0.2) is 38.1 Å². The SMILES string of the molecule is CC[C@H]1C(=O)N2C(C(=O)O)=C([S+](C)[O-])S[C@H]12. The summed E-state index contributed by atoms with van der Waals surface area (Å²) in [6.07, 6.45) is 2.12. The minimum atomic E-state index is -1.36. The lowest BCUT2D eigenvalue weighted by Crippen LogP contribution is -2.56. The summed E-state index contributed by atoms with van der Waals surface area (Å²) in [7, 11) is 0. The number of carbonyl (C=O) groups is 2. The molecule has 88 valence electrons. The van der Waals surface area contributed by atoms with Crippen molar-refractivity contribution in [3.05, 3.63) is 9.93 Å². The van der Waals surface area contributed by atoms with Crippen LogP contribution in [0.5, 0.6) is 0 Å². The van der Waals surface area contributed by atoms with Crippen LogP contribution >= 0.6 is 11.8 Å². The van der Waals surface area contributed by atoms with Crippen molar-refractivity contribution in [2.45, 2.75) is 18.7 Å². The van der Waals surface area contributed by atoms with Crippen LogP contribution in [0, 0.1) is 5.92 Å². The maximum Gasteiger partial charge on any atom is 0.358 e. The van der Waals surface area contributed by atoms with Gasteiger partial charge in [-0.3, -0.25) is 9.69 Å². The highest BCUT2D eigenvalue weighted by Gasteiger charge is 2.57. The third kappa shape index (κ3) is 1.46. The molecule has 5 nitrogen and oxygen atoms in total. The summed E-state index contributed by atoms with van der Waals surface area (Å²) in [5.74, 6) is -1.48. The van der Waals surface area contributed by atoms with Gasteiger partial charge in [-0.05, 0) is 29.4 Å². The molecule has 0 aliphatic carbocycles. The molecule has 0 aromatic rings. The molecular weight excluding hydrogens is 250 g/mol. The number of carboxylic acid groups (broad SMARTS) is 1. The largest absolute Gasteiger partial charge is 0.611 e. The lowest BCUT2D eigenvalue weighted by Gasteiger charge is -2.41. The first-order valence-electron chi connectivity index (χ1n) is 4.79. The Hall–Kier alpha value is -0.660. The molecule has 0 aromatic heterocycles. The Kier molecular flexibility index (Phi) is 2.93. The van der Waals surface area contributed by atoms with E-state index in [1.54, 1.807) is 0 Å². The third-order valence-electron chi connectivity index (χ3n) is 2.72. The lowest BCUT2D eigenvalue weighted by molar-refractivity contribution is -0.151. The second kappa shape index (κ2) is 3.97. The highest BCUT2D eigenvalue weighted by Crippen LogP contribution is 2.51. The molecule has 2 rings (SSSR count). The zero-order valence-corrected chi connectivity index (χ0v) is 10.4. The van der Waals surface area contributed by atoms with Gasteiger partial charge < -0.3 is 9.66 Å². The molecule has 1 N–H and O–H groups in total. The van der Waals surface area contributed by atoms with Crippen LogP contribution in [0.25, 0.3) is 0 Å². The van der Waals surface area contributed by atoms with Gasteiger partial charge in [-0.2, -0.15) is 0 Å². The highest BCUT2D eigenvalue weighted by atomic mass is 32.3. The van der Waals surface area contributed by atoms with Gasteiger partial charge in [0.05, 0.1) is 5.92 Å². The molecule has 2 aliphatic rings. The number of amides is 1. The van der Waals surface area contributed by atoms with Crippen molar-refractivity contribution in [1.82, 2.24) is 4.90 Å². The summed E-state index contributed by atoms with van der Waals surface area (Å²) < 4.78 is 11.7. The van der Waals surface area contributed by atoms with E-state index >= 15 is 0 Å². The molecule has 0 saturated carbocycles. The molecule has 0 aromatic carbocycles. The van der Waals surface area contributed by atoms with Crippen LogP contribution in [0.4, 0.5) is 0 Å². The Bertz CT molecular complexity index is 393. The Morgan fingerprint density at radius 2 is 2.31 bits per heavy atom. The van der Waals surface area contributed by atoms with Gasteiger partial charge >= 0.3 is 5.97 Å². The van der Waals surface area contributed by atoms with E-state index in [9.17, 15) is 14.1 Å². The van der Waals surface area contributed by atoms with Crippen LogP contribution in [-0.2, 0) is 20.8 Å². The van der Waals surface area contributed by atoms with Crippen LogP contribution < -0.4 is 0 Å². The summed E-state index contributed by atoms with van der Waals surface area (Å²) in [6, 6.07) is 0. The number of hydrogen-bond donors (Lipinski definition) is 1. The minimum absolute atomic E-state index is 0.0921. The van der Waals surface area contributed by atoms with E-state index in [0.29, 0.717) is 10.7 Å². The fraction of sp³-hybridized carbons (Fsp3) is 0.556. The number of hydrogen-bond acceptors (Lipinski definition) is 4. The van der Waals surface area contributed by atoms with E-state index in [4.69, 9.17) is 5.11 Å². The van der Waals surface area contributed by atoms with E-state index in [0.717, 1.165) is 0 Å². The molecule has 2 heterocycles. The smallest absolute Gasteiger partial charge is 0.358 e. The van der Waals surface area contributed by atoms with Crippen molar-refractivity contribution in [2.24, 2.45) is 5.92 Å². The van der Waals surface area contributed by atoms with Crippen LogP contribution in [0.15, 0.2) is 9.93 Å². The predicted molar refractivity (Wildman–Crippen MR) is 60.7 cm³/mol. The van der Waals surface area contributed by atoms with Crippen LogP contribution in [0.2, 0.25) is 0 Å². The van der Waals surface area contributed by atoms with E-state index in [-0.39, 0.29) is 22.9 Å². The molecule has 1 unspecified atom stereocenters. The summed E-state index contributed by atoms with van der Waals surface area (Å²) in [5, 5.41) is 8.87. The van der Waals surface area contributed by atoms with Crippen LogP contribution in [0.3, 0.4) is 0 Å². The first-order valence-corrected chi connectivity index (χ1v) is 7.23. The predicted octanol–water partition coefficient (Wildman–Crippen LogP) is 0.560. The van der Waals surface area contributed by atoms with E-state index in [2.05, 4.69) is 0 Å². The number of carboxylic acids is 1. The molecule has 1 fully saturated rings. The van der Waals surface area contributed by atoms with Crippen molar-refractivity contribution < 1.29 is 19.2 Å². The number of rotatable bonds is 3. The van der Waals surface area contributed by atoms with Gasteiger partial charge in [-0.1, -0.05) is 6.92 Å². The van der Waals surface area contributed by atoms with Gasteiger partial charge in [-0.25, -0.2) is 4.79 Å². The maximum absolute atomic E-state index is 11.7. The number of fused-ring (bicyclic) bond motifs is 1. The average molecular weight is 261 g/mol. The van der Waals surface area contributed by atoms with Gasteiger partial charge in [-0.15, -0.1) is 0 Å². The topological polar surface area (TPSA) is 80.7 Å². The summed E-state index contributed by atoms with van der Waals surface area (Å²) >= 11 is -0.112. The summed E-state index contributed by atoms with van der Waals surface area (Å²) in [5.41, 5.74) is -0.0921. The monoisotopic (exact) mass is 261 g/mol. The first kappa shape index (κ1) is 11.8. The number of carbonyl (C=O) groups excluding carboxylic acids is 1. The Balaban J connectivity index is 2.34. The second-order valence-electron chi connectivity index (χ2n) is 3.63. The molecule has 3 atom stereocenters. The zero-order chi connectivity index (χ0) is 12.0. The Morgan fingerprint density at radius 3 is 2.75 bits per heavy atom. The third-order valence-corrected chi connectivity index (χ3v) is 5.62. The first-order chi connectivity index (χ1) is 7.49. The normalized spacial score (nSPS) is 30.2. The van der Waals surface area contributed by atoms with E-state index < -0.39 is 17.1 Å². The standard InChI is InChI=1S/C9H11NO4S2/c1-3-4-6(11)10-5(8(12)13)9(16(2)14)15-7(4)10/h4,7H,3H2,1-2H3,(H,12,13)/t4-,7+,16?/m0/s1. The van der Waals surface area contributed by atoms with Gasteiger partial charge in [0.15, 0.2) is 5.70 Å². The van der Waals surface area contributed by atoms with Crippen LogP contribution in [0.1, 0.15) is 13.3 Å². The summed E-state index contributed by atoms with van der Waals surface area (Å²) in [4.78, 5) is 24.0. The van der Waals surface area contributed by atoms with Crippen molar-refractivity contribution >= 4 is 34.8 Å². The number of thioether (sulfide) groups is 1. The molecule has 0 bridgehead atoms. The summed E-state index contributed by atoms with van der Waals surface area (Å²) in [6.45, 7) is 1.89. The molecule has 0 radical (unpaired) electrons. The Morgan fingerprint density at radius 1 is 1.69 bits per heavy atom. The number of aliphatic carboxylic acids is 1. The molecular formula is C9H11NO4S2. The zero-order valence-electron chi connectivity index (χ0n) is 8.80. The molecule has 7 heteroatoms. The van der Waals surface area contributed by atoms with E-state index in [1.807, 2.05) is 6.92 Å². The van der Waals surface area contributed by atoms with Crippen molar-refractivity contribution in [3.63, 3.8) is 0 Å². The van der Waals surface area contributed by atoms with Gasteiger partial charge in [0.2, 0.25) is 10.1 Å². The fourth-order valence-electron chi connectivity index (χ4n) is 1.93. The molecule has 1 saturated heterocycles. The highest BCUT2D eigenvalue weighted by molar-refractivity contribution is 8.19. The van der Waals surface area contributed by atoms with Gasteiger partial charge in [0.25, 0.3) is 0 Å². The molecule has 16 heavy (non-hydrogen) atoms. The number of β-lactam (4-membered cyclic amide) rings is 1. The van der Waals surface area contributed by atoms with Gasteiger partial charge in [0, 0.05) is 0 Å². The van der Waals surface area contributed by atoms with Crippen molar-refractivity contribution in [3.8, 4) is 0 Å².